The Morgan fingerprint density at radius 1 is 0.893 bits per heavy atom. The highest BCUT2D eigenvalue weighted by Crippen LogP contribution is 2.39. The molecule has 0 saturated carbocycles. The standard InChI is InChI=1S/C25H33NO2/c1-24(2,3)20-15-18(16-21(23(20)28)25(4,5)6)22(27)14-11-17-9-12-19(13-10-17)26(7)8/h9-16,28H,1-8H3. The van der Waals surface area contributed by atoms with Crippen LogP contribution in [0.3, 0.4) is 0 Å². The van der Waals surface area contributed by atoms with Gasteiger partial charge in [-0.15, -0.1) is 0 Å². The van der Waals surface area contributed by atoms with Crippen LogP contribution in [-0.4, -0.2) is 25.0 Å². The van der Waals surface area contributed by atoms with E-state index in [9.17, 15) is 9.90 Å². The van der Waals surface area contributed by atoms with Crippen LogP contribution >= 0.6 is 0 Å². The summed E-state index contributed by atoms with van der Waals surface area (Å²) in [5.74, 6) is 0.229. The van der Waals surface area contributed by atoms with Gasteiger partial charge in [0.05, 0.1) is 0 Å². The molecule has 2 aromatic rings. The number of hydrogen-bond acceptors (Lipinski definition) is 3. The number of benzene rings is 2. The van der Waals surface area contributed by atoms with Gasteiger partial charge in [-0.2, -0.15) is 0 Å². The monoisotopic (exact) mass is 379 g/mol. The summed E-state index contributed by atoms with van der Waals surface area (Å²) in [5.41, 5.74) is 3.78. The van der Waals surface area contributed by atoms with Gasteiger partial charge in [-0.25, -0.2) is 0 Å². The molecule has 0 fully saturated rings. The molecule has 0 saturated heterocycles. The molecule has 2 aromatic carbocycles. The van der Waals surface area contributed by atoms with E-state index in [0.717, 1.165) is 22.4 Å². The molecule has 0 aliphatic rings. The van der Waals surface area contributed by atoms with E-state index in [2.05, 4.69) is 0 Å². The number of allylic oxidation sites excluding steroid dienone is 1. The van der Waals surface area contributed by atoms with Crippen molar-refractivity contribution in [2.24, 2.45) is 0 Å². The second kappa shape index (κ2) is 7.83. The molecule has 0 heterocycles. The summed E-state index contributed by atoms with van der Waals surface area (Å²) in [6.07, 6.45) is 3.44. The average molecular weight is 380 g/mol. The van der Waals surface area contributed by atoms with E-state index < -0.39 is 0 Å². The highest BCUT2D eigenvalue weighted by atomic mass is 16.3. The Morgan fingerprint density at radius 2 is 1.36 bits per heavy atom. The molecule has 150 valence electrons. The Hall–Kier alpha value is -2.55. The third-order valence-electron chi connectivity index (χ3n) is 4.85. The molecule has 28 heavy (non-hydrogen) atoms. The Bertz CT molecular complexity index is 841. The first kappa shape index (κ1) is 21.7. The first-order valence-corrected chi connectivity index (χ1v) is 9.68. The van der Waals surface area contributed by atoms with Crippen molar-refractivity contribution in [1.82, 2.24) is 0 Å². The van der Waals surface area contributed by atoms with Gasteiger partial charge in [-0.05, 0) is 46.7 Å². The van der Waals surface area contributed by atoms with Crippen LogP contribution in [0.15, 0.2) is 42.5 Å². The van der Waals surface area contributed by atoms with Crippen molar-refractivity contribution in [3.63, 3.8) is 0 Å². The first-order valence-electron chi connectivity index (χ1n) is 9.68. The quantitative estimate of drug-likeness (QED) is 0.527. The van der Waals surface area contributed by atoms with Crippen molar-refractivity contribution < 1.29 is 9.90 Å². The summed E-state index contributed by atoms with van der Waals surface area (Å²) < 4.78 is 0. The number of phenols is 1. The molecule has 3 nitrogen and oxygen atoms in total. The Morgan fingerprint density at radius 3 is 1.75 bits per heavy atom. The molecule has 1 N–H and O–H groups in total. The molecular formula is C25H33NO2. The molecule has 0 aliphatic heterocycles. The van der Waals surface area contributed by atoms with Gasteiger partial charge in [0.15, 0.2) is 5.78 Å². The molecule has 0 amide bonds. The fourth-order valence-electron chi connectivity index (χ4n) is 3.07. The number of hydrogen-bond donors (Lipinski definition) is 1. The topological polar surface area (TPSA) is 40.5 Å². The second-order valence-corrected chi connectivity index (χ2v) is 9.60. The third-order valence-corrected chi connectivity index (χ3v) is 4.85. The van der Waals surface area contributed by atoms with Crippen LogP contribution in [0.25, 0.3) is 6.08 Å². The lowest BCUT2D eigenvalue weighted by Crippen LogP contribution is -2.18. The highest BCUT2D eigenvalue weighted by molar-refractivity contribution is 6.07. The van der Waals surface area contributed by atoms with Crippen LogP contribution in [-0.2, 0) is 10.8 Å². The second-order valence-electron chi connectivity index (χ2n) is 9.60. The maximum atomic E-state index is 12.9. The molecular weight excluding hydrogens is 346 g/mol. The van der Waals surface area contributed by atoms with E-state index in [0.29, 0.717) is 11.3 Å². The van der Waals surface area contributed by atoms with E-state index in [4.69, 9.17) is 0 Å². The van der Waals surface area contributed by atoms with E-state index in [1.54, 1.807) is 6.08 Å². The lowest BCUT2D eigenvalue weighted by atomic mass is 9.78. The first-order chi connectivity index (χ1) is 12.8. The van der Waals surface area contributed by atoms with Crippen molar-refractivity contribution in [2.45, 2.75) is 52.4 Å². The zero-order valence-corrected chi connectivity index (χ0v) is 18.4. The van der Waals surface area contributed by atoms with Crippen LogP contribution in [0, 0.1) is 0 Å². The minimum Gasteiger partial charge on any atom is -0.507 e. The fraction of sp³-hybridized carbons (Fsp3) is 0.400. The van der Waals surface area contributed by atoms with Gasteiger partial charge in [0.1, 0.15) is 5.75 Å². The minimum absolute atomic E-state index is 0.0623. The minimum atomic E-state index is -0.258. The van der Waals surface area contributed by atoms with Crippen molar-refractivity contribution in [1.29, 1.82) is 0 Å². The number of nitrogens with zero attached hydrogens (tertiary/aromatic N) is 1. The van der Waals surface area contributed by atoms with Gasteiger partial charge < -0.3 is 10.0 Å². The summed E-state index contributed by atoms with van der Waals surface area (Å²) in [5, 5.41) is 10.8. The molecule has 0 aromatic heterocycles. The number of ketones is 1. The van der Waals surface area contributed by atoms with E-state index in [1.807, 2.05) is 103 Å². The van der Waals surface area contributed by atoms with Crippen molar-refractivity contribution in [3.05, 3.63) is 64.7 Å². The molecule has 0 atom stereocenters. The zero-order valence-electron chi connectivity index (χ0n) is 18.4. The molecule has 0 aliphatic carbocycles. The van der Waals surface area contributed by atoms with Gasteiger partial charge in [-0.3, -0.25) is 4.79 Å². The maximum Gasteiger partial charge on any atom is 0.185 e. The van der Waals surface area contributed by atoms with Crippen LogP contribution in [0.1, 0.15) is 68.6 Å². The Labute approximate surface area is 169 Å². The van der Waals surface area contributed by atoms with Gasteiger partial charge in [0.25, 0.3) is 0 Å². The van der Waals surface area contributed by atoms with Gasteiger partial charge in [0, 0.05) is 36.5 Å². The summed E-state index contributed by atoms with van der Waals surface area (Å²) >= 11 is 0. The van der Waals surface area contributed by atoms with Crippen LogP contribution in [0.2, 0.25) is 0 Å². The Balaban J connectivity index is 2.41. The number of phenolic OH excluding ortho intramolecular Hbond substituents is 1. The van der Waals surface area contributed by atoms with Crippen molar-refractivity contribution in [3.8, 4) is 5.75 Å². The predicted molar refractivity (Wildman–Crippen MR) is 120 cm³/mol. The lowest BCUT2D eigenvalue weighted by Gasteiger charge is -2.27. The fourth-order valence-corrected chi connectivity index (χ4v) is 3.07. The van der Waals surface area contributed by atoms with Crippen molar-refractivity contribution >= 4 is 17.5 Å². The molecule has 0 unspecified atom stereocenters. The molecule has 3 heteroatoms. The largest absolute Gasteiger partial charge is 0.507 e. The molecule has 0 spiro atoms. The average Bonchev–Trinajstić information content (AvgIpc) is 2.58. The molecule has 2 rings (SSSR count). The van der Waals surface area contributed by atoms with Crippen LogP contribution in [0.4, 0.5) is 5.69 Å². The van der Waals surface area contributed by atoms with Gasteiger partial charge in [0.2, 0.25) is 0 Å². The van der Waals surface area contributed by atoms with E-state index >= 15 is 0 Å². The summed E-state index contributed by atoms with van der Waals surface area (Å²) in [6, 6.07) is 11.7. The van der Waals surface area contributed by atoms with E-state index in [1.165, 1.54) is 0 Å². The van der Waals surface area contributed by atoms with Gasteiger partial charge >= 0.3 is 0 Å². The smallest absolute Gasteiger partial charge is 0.185 e. The number of aromatic hydroxyl groups is 1. The number of carbonyl (C=O) groups is 1. The molecule has 0 bridgehead atoms. The third kappa shape index (κ3) is 5.03. The number of carbonyl (C=O) groups excluding carboxylic acids is 1. The number of rotatable bonds is 4. The van der Waals surface area contributed by atoms with Crippen LogP contribution < -0.4 is 4.90 Å². The summed E-state index contributed by atoms with van der Waals surface area (Å²) in [4.78, 5) is 14.9. The molecule has 0 radical (unpaired) electrons. The summed E-state index contributed by atoms with van der Waals surface area (Å²) in [6.45, 7) is 12.3. The van der Waals surface area contributed by atoms with Crippen molar-refractivity contribution in [2.75, 3.05) is 19.0 Å². The zero-order chi connectivity index (χ0) is 21.3. The van der Waals surface area contributed by atoms with Gasteiger partial charge in [-0.1, -0.05) is 59.8 Å². The lowest BCUT2D eigenvalue weighted by molar-refractivity contribution is 0.104. The van der Waals surface area contributed by atoms with Crippen LogP contribution in [0.5, 0.6) is 5.75 Å². The maximum absolute atomic E-state index is 12.9. The highest BCUT2D eigenvalue weighted by Gasteiger charge is 2.27. The SMILES string of the molecule is CN(C)c1ccc(C=CC(=O)c2cc(C(C)(C)C)c(O)c(C(C)(C)C)c2)cc1. The summed E-state index contributed by atoms with van der Waals surface area (Å²) in [7, 11) is 4.00. The van der Waals surface area contributed by atoms with E-state index in [-0.39, 0.29) is 16.6 Å². The Kier molecular flexibility index (Phi) is 6.08. The predicted octanol–water partition coefficient (Wildman–Crippen LogP) is 5.95. The number of anilines is 1. The normalized spacial score (nSPS) is 12.4.